The normalized spacial score (nSPS) is 26.4. The lowest BCUT2D eigenvalue weighted by atomic mass is 9.82. The van der Waals surface area contributed by atoms with Crippen molar-refractivity contribution < 1.29 is 19.2 Å². The molecule has 0 aromatic heterocycles. The SMILES string of the molecule is C[C@@H]1CN(CCC[C@H]2CC[C@H](N3C(=S)N(c4ccc(C#N)c(Cl)c4)C(=O)C3(C)C)CC2)C[C@H](C)N1CC(=O)Nc1cccc(NC2CCC(=O)NC2=O)c1. The van der Waals surface area contributed by atoms with Crippen LogP contribution in [0.1, 0.15) is 84.6 Å². The van der Waals surface area contributed by atoms with Gasteiger partial charge >= 0.3 is 0 Å². The van der Waals surface area contributed by atoms with Gasteiger partial charge in [-0.05, 0) is 134 Å². The minimum atomic E-state index is -0.771. The fourth-order valence-corrected chi connectivity index (χ4v) is 9.51. The molecule has 0 radical (unpaired) electrons. The Bertz CT molecular complexity index is 1810. The van der Waals surface area contributed by atoms with Gasteiger partial charge in [-0.2, -0.15) is 5.26 Å². The van der Waals surface area contributed by atoms with Gasteiger partial charge < -0.3 is 20.4 Å². The van der Waals surface area contributed by atoms with Gasteiger partial charge in [0.25, 0.3) is 5.91 Å². The number of carbonyl (C=O) groups is 4. The first-order valence-electron chi connectivity index (χ1n) is 19.1. The van der Waals surface area contributed by atoms with Crippen molar-refractivity contribution in [2.24, 2.45) is 5.92 Å². The summed E-state index contributed by atoms with van der Waals surface area (Å²) in [4.78, 5) is 58.9. The van der Waals surface area contributed by atoms with Gasteiger partial charge in [-0.3, -0.25) is 34.3 Å². The summed E-state index contributed by atoms with van der Waals surface area (Å²) < 4.78 is 0. The minimum absolute atomic E-state index is 0.0778. The molecule has 2 aromatic carbocycles. The van der Waals surface area contributed by atoms with E-state index < -0.39 is 11.6 Å². The Morgan fingerprint density at radius 3 is 2.39 bits per heavy atom. The monoisotopic (exact) mass is 774 g/mol. The molecule has 4 fully saturated rings. The topological polar surface area (TPSA) is 141 Å². The zero-order valence-corrected chi connectivity index (χ0v) is 33.1. The average Bonchev–Trinajstić information content (AvgIpc) is 3.30. The lowest BCUT2D eigenvalue weighted by Crippen LogP contribution is -2.58. The van der Waals surface area contributed by atoms with Crippen LogP contribution in [0, 0.1) is 17.2 Å². The molecule has 0 spiro atoms. The second kappa shape index (κ2) is 16.7. The Kier molecular flexibility index (Phi) is 12.3. The average molecular weight is 775 g/mol. The Balaban J connectivity index is 0.927. The van der Waals surface area contributed by atoms with Crippen molar-refractivity contribution in [1.82, 2.24) is 20.0 Å². The third-order valence-electron chi connectivity index (χ3n) is 11.6. The molecule has 4 aliphatic rings. The second-order valence-electron chi connectivity index (χ2n) is 15.9. The molecule has 1 unspecified atom stereocenters. The van der Waals surface area contributed by atoms with E-state index >= 15 is 0 Å². The van der Waals surface area contributed by atoms with E-state index in [1.807, 2.05) is 38.1 Å². The predicted octanol–water partition coefficient (Wildman–Crippen LogP) is 5.51. The van der Waals surface area contributed by atoms with E-state index in [9.17, 15) is 24.4 Å². The van der Waals surface area contributed by atoms with E-state index in [1.165, 1.54) is 0 Å². The summed E-state index contributed by atoms with van der Waals surface area (Å²) in [7, 11) is 0. The number of piperazine rings is 1. The summed E-state index contributed by atoms with van der Waals surface area (Å²) in [6, 6.07) is 14.5. The molecule has 288 valence electrons. The highest BCUT2D eigenvalue weighted by Gasteiger charge is 2.52. The van der Waals surface area contributed by atoms with Crippen LogP contribution in [-0.4, -0.2) is 99.3 Å². The van der Waals surface area contributed by atoms with E-state index in [1.54, 1.807) is 23.1 Å². The van der Waals surface area contributed by atoms with Crippen molar-refractivity contribution in [2.45, 2.75) is 109 Å². The van der Waals surface area contributed by atoms with E-state index in [0.29, 0.717) is 58.1 Å². The largest absolute Gasteiger partial charge is 0.374 e. The molecule has 12 nitrogen and oxygen atoms in total. The van der Waals surface area contributed by atoms with Crippen LogP contribution >= 0.6 is 23.8 Å². The molecule has 1 saturated carbocycles. The molecule has 3 N–H and O–H groups in total. The maximum atomic E-state index is 13.6. The zero-order chi connectivity index (χ0) is 38.7. The number of halogens is 1. The Morgan fingerprint density at radius 1 is 1.02 bits per heavy atom. The highest BCUT2D eigenvalue weighted by molar-refractivity contribution is 7.80. The number of imide groups is 1. The van der Waals surface area contributed by atoms with Crippen LogP contribution in [0.15, 0.2) is 42.5 Å². The molecule has 4 amide bonds. The summed E-state index contributed by atoms with van der Waals surface area (Å²) in [5.41, 5.74) is 1.55. The van der Waals surface area contributed by atoms with E-state index in [2.05, 4.69) is 50.6 Å². The van der Waals surface area contributed by atoms with Gasteiger partial charge in [0.2, 0.25) is 17.7 Å². The van der Waals surface area contributed by atoms with Gasteiger partial charge in [-0.15, -0.1) is 0 Å². The molecular weight excluding hydrogens is 724 g/mol. The van der Waals surface area contributed by atoms with E-state index in [-0.39, 0.29) is 41.8 Å². The molecular formula is C40H51ClN8O4S. The Hall–Kier alpha value is -4.09. The molecule has 2 aromatic rings. The third kappa shape index (κ3) is 8.73. The number of rotatable bonds is 11. The third-order valence-corrected chi connectivity index (χ3v) is 12.2. The number of nitrogens with zero attached hydrogens (tertiary/aromatic N) is 5. The van der Waals surface area contributed by atoms with Gasteiger partial charge in [0.15, 0.2) is 5.11 Å². The number of piperidine rings is 1. The number of hydrogen-bond acceptors (Lipinski definition) is 9. The molecule has 3 aliphatic heterocycles. The number of nitriles is 1. The number of benzene rings is 2. The molecule has 6 rings (SSSR count). The summed E-state index contributed by atoms with van der Waals surface area (Å²) >= 11 is 12.2. The minimum Gasteiger partial charge on any atom is -0.374 e. The molecule has 3 heterocycles. The molecule has 54 heavy (non-hydrogen) atoms. The van der Waals surface area contributed by atoms with Crippen molar-refractivity contribution >= 4 is 69.6 Å². The van der Waals surface area contributed by atoms with Crippen LogP contribution in [0.4, 0.5) is 17.1 Å². The summed E-state index contributed by atoms with van der Waals surface area (Å²) in [5, 5.41) is 18.6. The number of nitrogens with one attached hydrogen (secondary N) is 3. The molecule has 14 heteroatoms. The number of anilines is 3. The van der Waals surface area contributed by atoms with Gasteiger partial charge in [0.05, 0.1) is 22.8 Å². The summed E-state index contributed by atoms with van der Waals surface area (Å²) in [5.74, 6) is -0.105. The number of carbonyl (C=O) groups excluding carboxylic acids is 4. The number of amides is 4. The molecule has 0 bridgehead atoms. The fourth-order valence-electron chi connectivity index (χ4n) is 8.73. The maximum absolute atomic E-state index is 13.6. The van der Waals surface area contributed by atoms with Crippen LogP contribution in [0.5, 0.6) is 0 Å². The Morgan fingerprint density at radius 2 is 1.72 bits per heavy atom. The fraction of sp³-hybridized carbons (Fsp3) is 0.550. The first-order chi connectivity index (χ1) is 25.7. The van der Waals surface area contributed by atoms with Gasteiger partial charge in [0.1, 0.15) is 17.6 Å². The predicted molar refractivity (Wildman–Crippen MR) is 214 cm³/mol. The lowest BCUT2D eigenvalue weighted by Gasteiger charge is -2.44. The number of hydrogen-bond donors (Lipinski definition) is 3. The Labute approximate surface area is 328 Å². The van der Waals surface area contributed by atoms with Crippen LogP contribution in [0.3, 0.4) is 0 Å². The quantitative estimate of drug-likeness (QED) is 0.198. The van der Waals surface area contributed by atoms with Crippen molar-refractivity contribution in [2.75, 3.05) is 41.7 Å². The zero-order valence-electron chi connectivity index (χ0n) is 31.6. The highest BCUT2D eigenvalue weighted by Crippen LogP contribution is 2.40. The second-order valence-corrected chi connectivity index (χ2v) is 16.6. The van der Waals surface area contributed by atoms with Crippen molar-refractivity contribution in [1.29, 1.82) is 5.26 Å². The van der Waals surface area contributed by atoms with Crippen LogP contribution in [0.25, 0.3) is 0 Å². The molecule has 1 aliphatic carbocycles. The van der Waals surface area contributed by atoms with Crippen molar-refractivity contribution in [3.05, 3.63) is 53.1 Å². The maximum Gasteiger partial charge on any atom is 0.258 e. The molecule has 3 atom stereocenters. The van der Waals surface area contributed by atoms with Crippen LogP contribution in [0.2, 0.25) is 5.02 Å². The summed E-state index contributed by atoms with van der Waals surface area (Å²) in [6.07, 6.45) is 7.18. The van der Waals surface area contributed by atoms with Gasteiger partial charge in [0, 0.05) is 49.0 Å². The molecule has 3 saturated heterocycles. The van der Waals surface area contributed by atoms with E-state index in [4.69, 9.17) is 23.8 Å². The first-order valence-corrected chi connectivity index (χ1v) is 19.9. The number of thiocarbonyl (C=S) groups is 1. The highest BCUT2D eigenvalue weighted by atomic mass is 35.5. The van der Waals surface area contributed by atoms with Crippen molar-refractivity contribution in [3.8, 4) is 6.07 Å². The van der Waals surface area contributed by atoms with Gasteiger partial charge in [-0.1, -0.05) is 17.7 Å². The van der Waals surface area contributed by atoms with E-state index in [0.717, 1.165) is 58.2 Å². The smallest absolute Gasteiger partial charge is 0.258 e. The van der Waals surface area contributed by atoms with Crippen LogP contribution < -0.4 is 20.9 Å². The van der Waals surface area contributed by atoms with Gasteiger partial charge in [-0.25, -0.2) is 0 Å². The van der Waals surface area contributed by atoms with Crippen LogP contribution in [-0.2, 0) is 19.2 Å². The standard InChI is InChI=1S/C40H51ClN8O4S/c1-25-22-46(23-26(2)47(25)24-36(51)44-30-9-5-8-29(19-30)43-34-16-17-35(50)45-37(34)52)18-6-7-27-10-13-31(14-11-27)49-39(54)48(38(53)40(49,3)4)32-15-12-28(21-42)33(41)20-32/h5,8-9,12,15,19-20,25-27,31,34,43H,6-7,10-11,13-14,16-18,22-24H2,1-4H3,(H,44,51)(H,45,50,52)/t25-,26+,27-,31-,34?. The first kappa shape index (κ1) is 39.6. The summed E-state index contributed by atoms with van der Waals surface area (Å²) in [6.45, 7) is 11.4. The van der Waals surface area contributed by atoms with Crippen molar-refractivity contribution in [3.63, 3.8) is 0 Å². The lowest BCUT2D eigenvalue weighted by molar-refractivity contribution is -0.133.